The summed E-state index contributed by atoms with van der Waals surface area (Å²) in [4.78, 5) is 2.17. The maximum absolute atomic E-state index is 11.8. The van der Waals surface area contributed by atoms with Gasteiger partial charge in [-0.15, -0.1) is 5.10 Å². The van der Waals surface area contributed by atoms with Crippen molar-refractivity contribution in [3.8, 4) is 0 Å². The van der Waals surface area contributed by atoms with E-state index in [1.807, 2.05) is 24.3 Å². The van der Waals surface area contributed by atoms with Gasteiger partial charge in [-0.2, -0.15) is 0 Å². The van der Waals surface area contributed by atoms with Crippen molar-refractivity contribution in [1.29, 1.82) is 0 Å². The number of halogens is 1. The minimum Gasteiger partial charge on any atom is -0.329 e. The second kappa shape index (κ2) is 8.35. The lowest BCUT2D eigenvalue weighted by Gasteiger charge is -2.27. The van der Waals surface area contributed by atoms with E-state index in [4.69, 9.17) is 23.8 Å². The summed E-state index contributed by atoms with van der Waals surface area (Å²) in [5.74, 6) is 0.481. The molecule has 0 radical (unpaired) electrons. The Kier molecular flexibility index (Phi) is 6.34. The van der Waals surface area contributed by atoms with E-state index in [0.717, 1.165) is 18.7 Å². The van der Waals surface area contributed by atoms with Crippen molar-refractivity contribution in [2.75, 3.05) is 23.4 Å². The molecule has 0 bridgehead atoms. The molecule has 0 unspecified atom stereocenters. The fraction of sp³-hybridized carbons (Fsp3) is 0.500. The van der Waals surface area contributed by atoms with Gasteiger partial charge in [-0.3, -0.25) is 4.90 Å². The normalized spacial score (nSPS) is 19.1. The van der Waals surface area contributed by atoms with Crippen LogP contribution in [0.2, 0.25) is 5.02 Å². The van der Waals surface area contributed by atoms with Gasteiger partial charge >= 0.3 is 0 Å². The fourth-order valence-electron chi connectivity index (χ4n) is 3.02. The Hall–Kier alpha value is -1.00. The molecule has 2 heterocycles. The third kappa shape index (κ3) is 4.83. The topological polar surface area (TPSA) is 67.2 Å². The third-order valence-corrected chi connectivity index (χ3v) is 7.58. The average Bonchev–Trinajstić information content (AvgIpc) is 3.11. The molecule has 0 aliphatic carbocycles. The smallest absolute Gasteiger partial charge is 0.209 e. The van der Waals surface area contributed by atoms with Gasteiger partial charge in [0.05, 0.1) is 28.9 Å². The van der Waals surface area contributed by atoms with E-state index in [-0.39, 0.29) is 17.5 Å². The number of hydrogen-bond acceptors (Lipinski definition) is 7. The molecule has 142 valence electrons. The van der Waals surface area contributed by atoms with Gasteiger partial charge in [0.25, 0.3) is 0 Å². The summed E-state index contributed by atoms with van der Waals surface area (Å²) in [6.45, 7) is 3.39. The SMILES string of the molecule is CCCN(Cn1nc(Nc2ccccc2Cl)sc1=S)[C@H]1CCS(=O)(=O)C1. The summed E-state index contributed by atoms with van der Waals surface area (Å²) in [5.41, 5.74) is 0.775. The lowest BCUT2D eigenvalue weighted by molar-refractivity contribution is 0.156. The average molecular weight is 433 g/mol. The Morgan fingerprint density at radius 1 is 1.46 bits per heavy atom. The lowest BCUT2D eigenvalue weighted by Crippen LogP contribution is -2.38. The fourth-order valence-corrected chi connectivity index (χ4v) is 5.96. The molecule has 0 saturated carbocycles. The summed E-state index contributed by atoms with van der Waals surface area (Å²) in [5, 5.41) is 9.02. The molecule has 1 aliphatic heterocycles. The van der Waals surface area contributed by atoms with Gasteiger partial charge in [0.15, 0.2) is 13.8 Å². The number of hydrogen-bond donors (Lipinski definition) is 1. The van der Waals surface area contributed by atoms with Gasteiger partial charge < -0.3 is 5.32 Å². The van der Waals surface area contributed by atoms with Crippen LogP contribution in [0.5, 0.6) is 0 Å². The second-order valence-corrected chi connectivity index (χ2v) is 10.5. The molecule has 1 atom stereocenters. The number of sulfone groups is 1. The van der Waals surface area contributed by atoms with Gasteiger partial charge in [-0.1, -0.05) is 42.0 Å². The number of nitrogens with zero attached hydrogens (tertiary/aromatic N) is 3. The summed E-state index contributed by atoms with van der Waals surface area (Å²) in [6.07, 6.45) is 1.61. The first kappa shape index (κ1) is 19.8. The summed E-state index contributed by atoms with van der Waals surface area (Å²) < 4.78 is 26.0. The third-order valence-electron chi connectivity index (χ3n) is 4.27. The molecule has 6 nitrogen and oxygen atoms in total. The van der Waals surface area contributed by atoms with Crippen LogP contribution < -0.4 is 5.32 Å². The van der Waals surface area contributed by atoms with Crippen LogP contribution in [0.3, 0.4) is 0 Å². The van der Waals surface area contributed by atoms with E-state index in [0.29, 0.717) is 27.2 Å². The molecule has 1 aliphatic rings. The molecule has 10 heteroatoms. The number of nitrogens with one attached hydrogen (secondary N) is 1. The van der Waals surface area contributed by atoms with Crippen LogP contribution in [0.15, 0.2) is 24.3 Å². The van der Waals surface area contributed by atoms with Crippen LogP contribution in [0.1, 0.15) is 19.8 Å². The van der Waals surface area contributed by atoms with E-state index in [9.17, 15) is 8.42 Å². The van der Waals surface area contributed by atoms with Crippen molar-refractivity contribution in [3.05, 3.63) is 33.2 Å². The van der Waals surface area contributed by atoms with Crippen LogP contribution in [-0.4, -0.2) is 47.2 Å². The zero-order valence-electron chi connectivity index (χ0n) is 14.4. The highest BCUT2D eigenvalue weighted by Gasteiger charge is 2.32. The van der Waals surface area contributed by atoms with Crippen molar-refractivity contribution in [3.63, 3.8) is 0 Å². The standard InChI is InChI=1S/C16H21ClN4O2S3/c1-2-8-20(12-7-9-26(22,23)10-12)11-21-16(24)25-15(19-21)18-14-6-4-3-5-13(14)17/h3-6,12H,2,7-11H2,1H3,(H,18,19)/t12-/m0/s1. The van der Waals surface area contributed by atoms with Gasteiger partial charge in [0.2, 0.25) is 5.13 Å². The van der Waals surface area contributed by atoms with Crippen LogP contribution in [-0.2, 0) is 16.5 Å². The largest absolute Gasteiger partial charge is 0.329 e. The first-order valence-electron chi connectivity index (χ1n) is 8.42. The second-order valence-electron chi connectivity index (χ2n) is 6.29. The molecule has 2 aromatic rings. The Morgan fingerprint density at radius 3 is 2.88 bits per heavy atom. The highest BCUT2D eigenvalue weighted by molar-refractivity contribution is 7.91. The maximum Gasteiger partial charge on any atom is 0.209 e. The molecule has 1 N–H and O–H groups in total. The van der Waals surface area contributed by atoms with Crippen molar-refractivity contribution in [1.82, 2.24) is 14.7 Å². The molecule has 0 spiro atoms. The minimum absolute atomic E-state index is 0.0310. The summed E-state index contributed by atoms with van der Waals surface area (Å²) in [6, 6.07) is 7.48. The van der Waals surface area contributed by atoms with E-state index in [2.05, 4.69) is 22.2 Å². The first-order valence-corrected chi connectivity index (χ1v) is 11.8. The molecular formula is C16H21ClN4O2S3. The van der Waals surface area contributed by atoms with Crippen molar-refractivity contribution < 1.29 is 8.42 Å². The minimum atomic E-state index is -2.92. The number of para-hydroxylation sites is 1. The molecule has 1 saturated heterocycles. The monoisotopic (exact) mass is 432 g/mol. The van der Waals surface area contributed by atoms with Crippen LogP contribution in [0.4, 0.5) is 10.8 Å². The number of benzene rings is 1. The van der Waals surface area contributed by atoms with Crippen molar-refractivity contribution >= 4 is 55.8 Å². The highest BCUT2D eigenvalue weighted by Crippen LogP contribution is 2.27. The van der Waals surface area contributed by atoms with Crippen molar-refractivity contribution in [2.45, 2.75) is 32.5 Å². The number of anilines is 2. The van der Waals surface area contributed by atoms with E-state index < -0.39 is 9.84 Å². The zero-order chi connectivity index (χ0) is 18.7. The molecular weight excluding hydrogens is 412 g/mol. The van der Waals surface area contributed by atoms with Crippen LogP contribution in [0, 0.1) is 3.95 Å². The molecule has 1 aromatic heterocycles. The van der Waals surface area contributed by atoms with Crippen LogP contribution in [0.25, 0.3) is 0 Å². The number of rotatable bonds is 7. The number of aromatic nitrogens is 2. The Morgan fingerprint density at radius 2 is 2.23 bits per heavy atom. The Balaban J connectivity index is 1.75. The van der Waals surface area contributed by atoms with Gasteiger partial charge in [-0.25, -0.2) is 13.1 Å². The van der Waals surface area contributed by atoms with Crippen LogP contribution >= 0.6 is 35.2 Å². The van der Waals surface area contributed by atoms with Gasteiger partial charge in [0, 0.05) is 6.04 Å². The van der Waals surface area contributed by atoms with E-state index in [1.165, 1.54) is 11.3 Å². The molecule has 26 heavy (non-hydrogen) atoms. The van der Waals surface area contributed by atoms with Gasteiger partial charge in [-0.05, 0) is 43.7 Å². The predicted octanol–water partition coefficient (Wildman–Crippen LogP) is 3.93. The maximum atomic E-state index is 11.8. The quantitative estimate of drug-likeness (QED) is 0.668. The zero-order valence-corrected chi connectivity index (χ0v) is 17.6. The first-order chi connectivity index (χ1) is 12.4. The lowest BCUT2D eigenvalue weighted by atomic mass is 10.2. The molecule has 1 fully saturated rings. The summed E-state index contributed by atoms with van der Waals surface area (Å²) >= 11 is 13.0. The van der Waals surface area contributed by atoms with E-state index in [1.54, 1.807) is 4.68 Å². The van der Waals surface area contributed by atoms with Crippen molar-refractivity contribution in [2.24, 2.45) is 0 Å². The summed E-state index contributed by atoms with van der Waals surface area (Å²) in [7, 11) is -2.92. The molecule has 3 rings (SSSR count). The Bertz CT molecular complexity index is 926. The highest BCUT2D eigenvalue weighted by atomic mass is 35.5. The van der Waals surface area contributed by atoms with Gasteiger partial charge in [0.1, 0.15) is 0 Å². The molecule has 0 amide bonds. The van der Waals surface area contributed by atoms with E-state index >= 15 is 0 Å². The Labute approximate surface area is 167 Å². The molecule has 1 aromatic carbocycles. The predicted molar refractivity (Wildman–Crippen MR) is 110 cm³/mol.